The van der Waals surface area contributed by atoms with Crippen molar-refractivity contribution in [1.82, 2.24) is 0 Å². The molecule has 5 N–H and O–H groups in total. The molecule has 1 unspecified atom stereocenters. The summed E-state index contributed by atoms with van der Waals surface area (Å²) in [6.07, 6.45) is -2.20. The molecule has 3 aromatic carbocycles. The third-order valence-corrected chi connectivity index (χ3v) is 5.52. The second-order valence-electron chi connectivity index (χ2n) is 6.50. The third kappa shape index (κ3) is 4.26. The highest BCUT2D eigenvalue weighted by Gasteiger charge is 2.30. The summed E-state index contributed by atoms with van der Waals surface area (Å²) in [5.41, 5.74) is 10.8. The van der Waals surface area contributed by atoms with Crippen molar-refractivity contribution >= 4 is 23.0 Å². The van der Waals surface area contributed by atoms with Gasteiger partial charge in [0.15, 0.2) is 23.3 Å². The Hall–Kier alpha value is -3.55. The fourth-order valence-corrected chi connectivity index (χ4v) is 3.73. The van der Waals surface area contributed by atoms with Gasteiger partial charge < -0.3 is 16.6 Å². The van der Waals surface area contributed by atoms with Crippen LogP contribution in [0.5, 0.6) is 0 Å². The van der Waals surface area contributed by atoms with Crippen LogP contribution in [0, 0.1) is 40.4 Å². The van der Waals surface area contributed by atoms with Crippen molar-refractivity contribution in [1.29, 1.82) is 5.26 Å². The molecule has 0 spiro atoms. The van der Waals surface area contributed by atoms with Gasteiger partial charge in [-0.15, -0.1) is 0 Å². The zero-order valence-corrected chi connectivity index (χ0v) is 16.9. The zero-order chi connectivity index (χ0) is 23.6. The molecule has 3 rings (SSSR count). The number of aliphatic hydroxyl groups excluding tert-OH is 1. The molecule has 32 heavy (non-hydrogen) atoms. The molecule has 0 radical (unpaired) electrons. The monoisotopic (exact) mass is 463 g/mol. The van der Waals surface area contributed by atoms with Crippen LogP contribution in [0.2, 0.25) is 0 Å². The third-order valence-electron chi connectivity index (χ3n) is 4.51. The second-order valence-corrected chi connectivity index (χ2v) is 7.59. The largest absolute Gasteiger partial charge is 0.398 e. The fraction of sp³-hybridized carbons (Fsp3) is 0.0455. The average molecular weight is 463 g/mol. The molecule has 0 saturated carbocycles. The summed E-state index contributed by atoms with van der Waals surface area (Å²) >= 11 is 1.01. The molecule has 10 heteroatoms. The van der Waals surface area contributed by atoms with Crippen LogP contribution in [-0.2, 0) is 0 Å². The van der Waals surface area contributed by atoms with Gasteiger partial charge in [-0.25, -0.2) is 22.0 Å². The van der Waals surface area contributed by atoms with Crippen LogP contribution in [0.1, 0.15) is 22.8 Å². The summed E-state index contributed by atoms with van der Waals surface area (Å²) in [7, 11) is 0. The van der Waals surface area contributed by atoms with Crippen molar-refractivity contribution in [3.63, 3.8) is 0 Å². The number of nitrogens with two attached hydrogens (primary N) is 2. The van der Waals surface area contributed by atoms with Gasteiger partial charge >= 0.3 is 0 Å². The second kappa shape index (κ2) is 9.30. The highest BCUT2D eigenvalue weighted by molar-refractivity contribution is 8.03. The molecule has 0 aliphatic heterocycles. The molecule has 0 bridgehead atoms. The lowest BCUT2D eigenvalue weighted by atomic mass is 9.96. The molecule has 1 atom stereocenters. The number of nitriles is 1. The Kier molecular flexibility index (Phi) is 6.72. The van der Waals surface area contributed by atoms with Crippen LogP contribution in [0.15, 0.2) is 58.5 Å². The van der Waals surface area contributed by atoms with E-state index in [1.807, 2.05) is 6.07 Å². The maximum absolute atomic E-state index is 14.1. The van der Waals surface area contributed by atoms with E-state index in [1.165, 1.54) is 24.3 Å². The van der Waals surface area contributed by atoms with Crippen LogP contribution in [-0.4, -0.2) is 5.11 Å². The summed E-state index contributed by atoms with van der Waals surface area (Å²) in [4.78, 5) is 0.579. The van der Waals surface area contributed by atoms with E-state index in [2.05, 4.69) is 0 Å². The lowest BCUT2D eigenvalue weighted by molar-refractivity contribution is 0.202. The first-order valence-corrected chi connectivity index (χ1v) is 9.70. The van der Waals surface area contributed by atoms with Gasteiger partial charge in [-0.3, -0.25) is 0 Å². The Morgan fingerprint density at radius 3 is 2.09 bits per heavy atom. The molecule has 0 aromatic heterocycles. The zero-order valence-electron chi connectivity index (χ0n) is 16.0. The lowest BCUT2D eigenvalue weighted by Gasteiger charge is -2.16. The van der Waals surface area contributed by atoms with Crippen LogP contribution < -0.4 is 11.5 Å². The Labute approximate surface area is 183 Å². The van der Waals surface area contributed by atoms with Gasteiger partial charge in [0.25, 0.3) is 0 Å². The number of anilines is 1. The highest BCUT2D eigenvalue weighted by atomic mass is 32.2. The summed E-state index contributed by atoms with van der Waals surface area (Å²) in [6.45, 7) is 0. The number of para-hydroxylation sites is 1. The quantitative estimate of drug-likeness (QED) is 0.124. The SMILES string of the molecule is N#C/C(=C(/N)Sc1ccccc1N)c1cccc(C(O)c2c(F)c(F)c(F)c(F)c2F)c1. The first-order valence-electron chi connectivity index (χ1n) is 8.89. The van der Waals surface area contributed by atoms with Crippen LogP contribution in [0.25, 0.3) is 5.57 Å². The van der Waals surface area contributed by atoms with Gasteiger partial charge in [-0.1, -0.05) is 42.1 Å². The standard InChI is InChI=1S/C22H14F5N3OS/c23-16-15(17(24)19(26)20(27)18(16)25)21(31)11-5-3-4-10(8-11)12(9-28)22(30)32-14-7-2-1-6-13(14)29/h1-8,21,31H,29-30H2/b22-12+. The predicted octanol–water partition coefficient (Wildman–Crippen LogP) is 4.99. The maximum Gasteiger partial charge on any atom is 0.200 e. The van der Waals surface area contributed by atoms with Crippen molar-refractivity contribution in [2.24, 2.45) is 5.73 Å². The maximum atomic E-state index is 14.1. The van der Waals surface area contributed by atoms with Crippen molar-refractivity contribution < 1.29 is 27.1 Å². The molecule has 0 saturated heterocycles. The Morgan fingerprint density at radius 2 is 1.50 bits per heavy atom. The number of hydrogen-bond donors (Lipinski definition) is 3. The molecule has 0 aliphatic carbocycles. The van der Waals surface area contributed by atoms with E-state index in [0.29, 0.717) is 10.6 Å². The Balaban J connectivity index is 2.05. The van der Waals surface area contributed by atoms with E-state index in [1.54, 1.807) is 24.3 Å². The van der Waals surface area contributed by atoms with Gasteiger partial charge in [-0.2, -0.15) is 5.26 Å². The molecule has 4 nitrogen and oxygen atoms in total. The van der Waals surface area contributed by atoms with Crippen LogP contribution >= 0.6 is 11.8 Å². The first-order chi connectivity index (χ1) is 15.2. The minimum Gasteiger partial charge on any atom is -0.398 e. The number of thioether (sulfide) groups is 1. The van der Waals surface area contributed by atoms with Crippen LogP contribution in [0.3, 0.4) is 0 Å². The normalized spacial score (nSPS) is 12.8. The Morgan fingerprint density at radius 1 is 0.906 bits per heavy atom. The van der Waals surface area contributed by atoms with Gasteiger partial charge in [0, 0.05) is 10.6 Å². The molecule has 0 amide bonds. The summed E-state index contributed by atoms with van der Waals surface area (Å²) in [5.74, 6) is -11.0. The molecule has 0 heterocycles. The van der Waals surface area contributed by atoms with E-state index in [0.717, 1.165) is 11.8 Å². The van der Waals surface area contributed by atoms with E-state index in [4.69, 9.17) is 11.5 Å². The van der Waals surface area contributed by atoms with Crippen molar-refractivity contribution in [3.8, 4) is 6.07 Å². The smallest absolute Gasteiger partial charge is 0.200 e. The van der Waals surface area contributed by atoms with Gasteiger partial charge in [0.1, 0.15) is 12.2 Å². The number of hydrogen-bond acceptors (Lipinski definition) is 5. The highest BCUT2D eigenvalue weighted by Crippen LogP contribution is 2.35. The van der Waals surface area contributed by atoms with Crippen molar-refractivity contribution in [2.45, 2.75) is 11.0 Å². The molecular formula is C22H14F5N3OS. The van der Waals surface area contributed by atoms with E-state index < -0.39 is 40.8 Å². The van der Waals surface area contributed by atoms with Crippen LogP contribution in [0.4, 0.5) is 27.6 Å². The molecule has 0 aliphatic rings. The lowest BCUT2D eigenvalue weighted by Crippen LogP contribution is -2.12. The number of allylic oxidation sites excluding steroid dienone is 1. The fourth-order valence-electron chi connectivity index (χ4n) is 2.90. The molecule has 3 aromatic rings. The van der Waals surface area contributed by atoms with Gasteiger partial charge in [0.05, 0.1) is 16.2 Å². The number of benzene rings is 3. The summed E-state index contributed by atoms with van der Waals surface area (Å²) in [6, 6.07) is 13.8. The number of nitrogens with zero attached hydrogens (tertiary/aromatic N) is 1. The van der Waals surface area contributed by atoms with Crippen molar-refractivity contribution in [2.75, 3.05) is 5.73 Å². The van der Waals surface area contributed by atoms with E-state index in [9.17, 15) is 32.3 Å². The van der Waals surface area contributed by atoms with Gasteiger partial charge in [0.2, 0.25) is 5.82 Å². The average Bonchev–Trinajstić information content (AvgIpc) is 2.78. The number of aliphatic hydroxyl groups is 1. The first kappa shape index (κ1) is 23.1. The van der Waals surface area contributed by atoms with E-state index in [-0.39, 0.29) is 21.7 Å². The number of nitrogen functional groups attached to an aromatic ring is 1. The summed E-state index contributed by atoms with van der Waals surface area (Å²) in [5, 5.41) is 20.0. The minimum absolute atomic E-state index is 0.0373. The summed E-state index contributed by atoms with van der Waals surface area (Å²) < 4.78 is 68.6. The topological polar surface area (TPSA) is 96.1 Å². The molecular weight excluding hydrogens is 449 g/mol. The predicted molar refractivity (Wildman–Crippen MR) is 110 cm³/mol. The Bertz CT molecular complexity index is 1240. The number of halogens is 5. The minimum atomic E-state index is -2.33. The van der Waals surface area contributed by atoms with E-state index >= 15 is 0 Å². The molecule has 164 valence electrons. The van der Waals surface area contributed by atoms with Gasteiger partial charge in [-0.05, 0) is 29.3 Å². The molecule has 0 fully saturated rings. The van der Waals surface area contributed by atoms with Crippen molar-refractivity contribution in [3.05, 3.63) is 99.3 Å². The number of rotatable bonds is 5.